The molecule has 7 aromatic rings. The largest absolute Gasteiger partial charge is 2.00 e. The summed E-state index contributed by atoms with van der Waals surface area (Å²) in [4.78, 5) is 12.0. The first kappa shape index (κ1) is 37.4. The summed E-state index contributed by atoms with van der Waals surface area (Å²) in [5.41, 5.74) is 7.46. The van der Waals surface area contributed by atoms with Gasteiger partial charge in [0, 0.05) is 62.5 Å². The van der Waals surface area contributed by atoms with Crippen LogP contribution in [-0.4, -0.2) is 70.5 Å². The van der Waals surface area contributed by atoms with E-state index in [4.69, 9.17) is 14.8 Å². The molecule has 8 nitrogen and oxygen atoms in total. The molecule has 0 spiro atoms. The van der Waals surface area contributed by atoms with Crippen LogP contribution in [0.25, 0.3) is 44.4 Å². The summed E-state index contributed by atoms with van der Waals surface area (Å²) in [5, 5.41) is 7.65. The zero-order valence-corrected chi connectivity index (χ0v) is 34.2. The minimum absolute atomic E-state index is 0. The van der Waals surface area contributed by atoms with E-state index in [0.717, 1.165) is 101 Å². The molecule has 0 saturated carbocycles. The fraction of sp³-hybridized carbons (Fsp3) is 0.289. The first-order valence-corrected chi connectivity index (χ1v) is 18.8. The second-order valence-corrected chi connectivity index (χ2v) is 14.3. The number of aromatic nitrogens is 4. The number of ether oxygens (including phenoxy) is 1. The molecule has 8 rings (SSSR count). The molecule has 3 aromatic heterocycles. The summed E-state index contributed by atoms with van der Waals surface area (Å²) in [6, 6.07) is 39.0. The van der Waals surface area contributed by atoms with Gasteiger partial charge in [-0.05, 0) is 67.2 Å². The Balaban J connectivity index is 0.00000450. The molecule has 1 aliphatic heterocycles. The van der Waals surface area contributed by atoms with Gasteiger partial charge in [-0.3, -0.25) is 0 Å². The summed E-state index contributed by atoms with van der Waals surface area (Å²) < 4.78 is 11.0. The Morgan fingerprint density at radius 2 is 1.56 bits per heavy atom. The van der Waals surface area contributed by atoms with E-state index in [9.17, 15) is 0 Å². The van der Waals surface area contributed by atoms with E-state index in [2.05, 4.69) is 157 Å². The normalized spacial score (nSPS) is 13.5. The molecule has 0 amide bonds. The van der Waals surface area contributed by atoms with Crippen molar-refractivity contribution in [1.82, 2.24) is 24.2 Å². The monoisotopic (exact) mass is 896 g/mol. The Bertz CT molecular complexity index is 2390. The molecule has 1 aliphatic rings. The molecule has 278 valence electrons. The van der Waals surface area contributed by atoms with Gasteiger partial charge in [0.15, 0.2) is 5.82 Å². The van der Waals surface area contributed by atoms with E-state index in [1.807, 2.05) is 18.3 Å². The van der Waals surface area contributed by atoms with Crippen molar-refractivity contribution in [3.05, 3.63) is 120 Å². The van der Waals surface area contributed by atoms with Gasteiger partial charge in [-0.25, -0.2) is 9.67 Å². The molecule has 1 saturated heterocycles. The van der Waals surface area contributed by atoms with Crippen LogP contribution in [0.4, 0.5) is 11.6 Å². The van der Waals surface area contributed by atoms with Gasteiger partial charge >= 0.3 is 21.1 Å². The quantitative estimate of drug-likeness (QED) is 0.128. The third kappa shape index (κ3) is 7.05. The van der Waals surface area contributed by atoms with Crippen LogP contribution in [0.2, 0.25) is 0 Å². The molecular formula is C45H47N7OPt. The smallest absolute Gasteiger partial charge is 0.509 e. The van der Waals surface area contributed by atoms with Crippen LogP contribution in [0.15, 0.2) is 97.2 Å². The Hall–Kier alpha value is -4.91. The summed E-state index contributed by atoms with van der Waals surface area (Å²) in [6.45, 7) is 16.4. The number of piperazine rings is 1. The number of likely N-dealkylation sites (N-methyl/N-ethyl adjacent to an activating group) is 1. The van der Waals surface area contributed by atoms with Crippen LogP contribution in [0.5, 0.6) is 11.5 Å². The van der Waals surface area contributed by atoms with Crippen LogP contribution in [0, 0.1) is 19.1 Å². The topological polar surface area (TPSA) is 54.6 Å². The third-order valence-corrected chi connectivity index (χ3v) is 10.4. The standard InChI is InChI=1S/C45H47N7O.Pt/c1-7-49(8-2)44-43(33-14-10-9-11-15-33)45(50-24-22-48(6)23-25-50)52(47-44)35-26-32(5)27-37(29-35)53-36-18-19-39-38-16-12-13-17-40(38)51(41(39)30-36)42-28-34(31(3)4)20-21-46-42;/h9-21,26-28,31H,7-8,22-25H2,1-6H3;/q-2;+2. The SMILES string of the molecule is CCN(CC)c1nn(-c2[c-]c(Oc3[c-]c4c(cc3)c3ccccc3n4-c3cc(C(C)C)ccn3)cc(C)c2)c(N2CCN(C)CC2)c1-c1ccccc1.[Pt+2]. The summed E-state index contributed by atoms with van der Waals surface area (Å²) in [6.07, 6.45) is 1.90. The number of pyridine rings is 1. The summed E-state index contributed by atoms with van der Waals surface area (Å²) in [7, 11) is 2.19. The van der Waals surface area contributed by atoms with Gasteiger partial charge in [-0.15, -0.1) is 40.8 Å². The van der Waals surface area contributed by atoms with Gasteiger partial charge in [-0.2, -0.15) is 11.6 Å². The number of hydrogen-bond donors (Lipinski definition) is 0. The van der Waals surface area contributed by atoms with Gasteiger partial charge in [0.25, 0.3) is 0 Å². The van der Waals surface area contributed by atoms with Crippen molar-refractivity contribution in [3.8, 4) is 34.1 Å². The second-order valence-electron chi connectivity index (χ2n) is 14.3. The minimum Gasteiger partial charge on any atom is -0.509 e. The maximum atomic E-state index is 6.67. The molecule has 0 bridgehead atoms. The molecule has 0 unspecified atom stereocenters. The van der Waals surface area contributed by atoms with Crippen molar-refractivity contribution in [3.63, 3.8) is 0 Å². The number of fused-ring (bicyclic) bond motifs is 3. The Kier molecular flexibility index (Phi) is 11.0. The fourth-order valence-corrected chi connectivity index (χ4v) is 7.52. The number of rotatable bonds is 10. The molecule has 0 radical (unpaired) electrons. The first-order chi connectivity index (χ1) is 25.8. The van der Waals surface area contributed by atoms with Crippen molar-refractivity contribution >= 4 is 33.4 Å². The van der Waals surface area contributed by atoms with E-state index in [0.29, 0.717) is 17.4 Å². The maximum Gasteiger partial charge on any atom is 2.00 e. The van der Waals surface area contributed by atoms with Crippen LogP contribution in [0.1, 0.15) is 44.7 Å². The number of aryl methyl sites for hydroxylation is 1. The molecular weight excluding hydrogens is 850 g/mol. The number of para-hydroxylation sites is 1. The molecule has 0 N–H and O–H groups in total. The van der Waals surface area contributed by atoms with E-state index in [-0.39, 0.29) is 21.1 Å². The van der Waals surface area contributed by atoms with Crippen molar-refractivity contribution in [2.24, 2.45) is 0 Å². The molecule has 4 aromatic carbocycles. The van der Waals surface area contributed by atoms with Crippen molar-refractivity contribution in [1.29, 1.82) is 0 Å². The van der Waals surface area contributed by atoms with E-state index in [1.54, 1.807) is 0 Å². The molecule has 4 heterocycles. The summed E-state index contributed by atoms with van der Waals surface area (Å²) in [5.74, 6) is 4.55. The van der Waals surface area contributed by atoms with E-state index >= 15 is 0 Å². The minimum atomic E-state index is 0. The molecule has 0 atom stereocenters. The second kappa shape index (κ2) is 15.8. The van der Waals surface area contributed by atoms with Gasteiger partial charge in [0.2, 0.25) is 0 Å². The van der Waals surface area contributed by atoms with Gasteiger partial charge in [0.05, 0.1) is 5.56 Å². The molecule has 0 aliphatic carbocycles. The van der Waals surface area contributed by atoms with Gasteiger partial charge < -0.3 is 24.0 Å². The average molecular weight is 897 g/mol. The zero-order chi connectivity index (χ0) is 36.6. The number of benzene rings is 4. The van der Waals surface area contributed by atoms with E-state index in [1.165, 1.54) is 5.56 Å². The van der Waals surface area contributed by atoms with Crippen LogP contribution in [-0.2, 0) is 21.1 Å². The van der Waals surface area contributed by atoms with Crippen LogP contribution in [0.3, 0.4) is 0 Å². The Morgan fingerprint density at radius 3 is 2.30 bits per heavy atom. The average Bonchev–Trinajstić information content (AvgIpc) is 3.72. The molecule has 1 fully saturated rings. The predicted octanol–water partition coefficient (Wildman–Crippen LogP) is 9.45. The van der Waals surface area contributed by atoms with Crippen molar-refractivity contribution < 1.29 is 25.8 Å². The van der Waals surface area contributed by atoms with Gasteiger partial charge in [0.1, 0.15) is 11.6 Å². The van der Waals surface area contributed by atoms with Crippen LogP contribution >= 0.6 is 0 Å². The number of anilines is 2. The molecule has 54 heavy (non-hydrogen) atoms. The fourth-order valence-electron chi connectivity index (χ4n) is 7.52. The predicted molar refractivity (Wildman–Crippen MR) is 217 cm³/mol. The van der Waals surface area contributed by atoms with Crippen molar-refractivity contribution in [2.45, 2.75) is 40.5 Å². The number of nitrogens with zero attached hydrogens (tertiary/aromatic N) is 7. The third-order valence-electron chi connectivity index (χ3n) is 10.4. The van der Waals surface area contributed by atoms with Gasteiger partial charge in [-0.1, -0.05) is 74.8 Å². The van der Waals surface area contributed by atoms with Crippen molar-refractivity contribution in [2.75, 3.05) is 56.1 Å². The maximum absolute atomic E-state index is 6.67. The molecule has 9 heteroatoms. The zero-order valence-electron chi connectivity index (χ0n) is 31.9. The summed E-state index contributed by atoms with van der Waals surface area (Å²) >= 11 is 0. The number of hydrogen-bond acceptors (Lipinski definition) is 6. The Morgan fingerprint density at radius 1 is 0.815 bits per heavy atom. The Labute approximate surface area is 333 Å². The van der Waals surface area contributed by atoms with E-state index < -0.39 is 0 Å². The van der Waals surface area contributed by atoms with Crippen LogP contribution < -0.4 is 14.5 Å². The first-order valence-electron chi connectivity index (χ1n) is 18.8.